The molecule has 30 heavy (non-hydrogen) atoms. The molecule has 0 atom stereocenters. The number of nitrogens with one attached hydrogen (secondary N) is 1. The molecule has 8 nitrogen and oxygen atoms in total. The van der Waals surface area contributed by atoms with Crippen molar-refractivity contribution in [2.75, 3.05) is 27.2 Å². The zero-order valence-electron chi connectivity index (χ0n) is 17.2. The molecular weight excluding hydrogens is 400 g/mol. The van der Waals surface area contributed by atoms with E-state index in [0.29, 0.717) is 13.1 Å². The van der Waals surface area contributed by atoms with Crippen LogP contribution in [0.2, 0.25) is 0 Å². The van der Waals surface area contributed by atoms with Gasteiger partial charge in [0.1, 0.15) is 12.0 Å². The Labute approximate surface area is 175 Å². The maximum absolute atomic E-state index is 12.6. The highest BCUT2D eigenvalue weighted by Gasteiger charge is 2.49. The molecule has 0 aliphatic carbocycles. The normalized spacial score (nSPS) is 17.1. The van der Waals surface area contributed by atoms with E-state index in [-0.39, 0.29) is 5.54 Å². The van der Waals surface area contributed by atoms with Crippen LogP contribution in [0, 0.1) is 0 Å². The summed E-state index contributed by atoms with van der Waals surface area (Å²) in [4.78, 5) is 12.0. The lowest BCUT2D eigenvalue weighted by molar-refractivity contribution is 0.0758. The lowest BCUT2D eigenvalue weighted by Crippen LogP contribution is -2.65. The van der Waals surface area contributed by atoms with Crippen molar-refractivity contribution in [2.45, 2.75) is 18.9 Å². The molecule has 0 amide bonds. The number of nitrogens with zero attached hydrogens (tertiary/aromatic N) is 5. The number of rotatable bonds is 5. The molecule has 0 radical (unpaired) electrons. The van der Waals surface area contributed by atoms with Gasteiger partial charge in [-0.15, -0.1) is 0 Å². The van der Waals surface area contributed by atoms with Gasteiger partial charge >= 0.3 is 0 Å². The van der Waals surface area contributed by atoms with Crippen molar-refractivity contribution in [1.82, 2.24) is 28.1 Å². The number of aromatic amines is 1. The Morgan fingerprint density at radius 3 is 2.63 bits per heavy atom. The molecule has 0 bridgehead atoms. The zero-order chi connectivity index (χ0) is 21.1. The van der Waals surface area contributed by atoms with Gasteiger partial charge in [-0.05, 0) is 18.6 Å². The fourth-order valence-electron chi connectivity index (χ4n) is 4.40. The van der Waals surface area contributed by atoms with E-state index in [4.69, 9.17) is 0 Å². The van der Waals surface area contributed by atoms with Gasteiger partial charge in [-0.25, -0.2) is 9.97 Å². The quantitative estimate of drug-likeness (QED) is 0.534. The molecule has 156 valence electrons. The topological polar surface area (TPSA) is 87.1 Å². The molecule has 0 unspecified atom stereocenters. The van der Waals surface area contributed by atoms with E-state index >= 15 is 0 Å². The van der Waals surface area contributed by atoms with E-state index in [9.17, 15) is 8.42 Å². The zero-order valence-corrected chi connectivity index (χ0v) is 18.0. The van der Waals surface area contributed by atoms with Gasteiger partial charge < -0.3 is 9.55 Å². The fourth-order valence-corrected chi connectivity index (χ4v) is 5.67. The predicted molar refractivity (Wildman–Crippen MR) is 117 cm³/mol. The first-order valence-corrected chi connectivity index (χ1v) is 11.3. The highest BCUT2D eigenvalue weighted by Crippen LogP contribution is 2.41. The van der Waals surface area contributed by atoms with Crippen molar-refractivity contribution >= 4 is 32.1 Å². The van der Waals surface area contributed by atoms with Gasteiger partial charge in [0.05, 0.1) is 11.2 Å². The number of para-hydroxylation sites is 1. The molecule has 9 heteroatoms. The second kappa shape index (κ2) is 6.63. The summed E-state index contributed by atoms with van der Waals surface area (Å²) in [6, 6.07) is 10.2. The summed E-state index contributed by atoms with van der Waals surface area (Å²) in [5.74, 6) is 0. The fraction of sp³-hybridized carbons (Fsp3) is 0.333. The van der Waals surface area contributed by atoms with Gasteiger partial charge in [0.25, 0.3) is 10.2 Å². The van der Waals surface area contributed by atoms with Crippen LogP contribution in [0.15, 0.2) is 49.1 Å². The number of hydrogen-bond acceptors (Lipinski definition) is 4. The Kier molecular flexibility index (Phi) is 4.25. The summed E-state index contributed by atoms with van der Waals surface area (Å²) < 4.78 is 30.2. The van der Waals surface area contributed by atoms with E-state index in [1.807, 2.05) is 24.4 Å². The molecule has 5 rings (SSSR count). The maximum Gasteiger partial charge on any atom is 0.281 e. The predicted octanol–water partition coefficient (Wildman–Crippen LogP) is 2.81. The van der Waals surface area contributed by atoms with Crippen LogP contribution in [0.3, 0.4) is 0 Å². The van der Waals surface area contributed by atoms with Crippen molar-refractivity contribution in [3.05, 3.63) is 49.1 Å². The van der Waals surface area contributed by atoms with Crippen molar-refractivity contribution in [2.24, 2.45) is 0 Å². The maximum atomic E-state index is 12.6. The standard InChI is InChI=1S/C21H24N6O2S/c1-4-21(12-26(13-21)30(28,29)25(2)3)27-11-17(15-7-5-6-8-18(15)27)19-16-9-10-22-20(16)24-14-23-19/h5-11,14H,4,12-13H2,1-3H3,(H,22,23,24). The Bertz CT molecular complexity index is 1350. The third-order valence-corrected chi connectivity index (χ3v) is 8.05. The van der Waals surface area contributed by atoms with Crippen LogP contribution in [-0.2, 0) is 15.7 Å². The number of aromatic nitrogens is 4. The number of hydrogen-bond donors (Lipinski definition) is 1. The minimum atomic E-state index is -3.42. The Morgan fingerprint density at radius 1 is 1.13 bits per heavy atom. The molecule has 0 spiro atoms. The first-order valence-electron chi connectivity index (χ1n) is 9.94. The molecule has 4 heterocycles. The van der Waals surface area contributed by atoms with Gasteiger partial charge in [0.2, 0.25) is 0 Å². The molecule has 4 aromatic rings. The summed E-state index contributed by atoms with van der Waals surface area (Å²) in [6.45, 7) is 3.01. The largest absolute Gasteiger partial charge is 0.346 e. The summed E-state index contributed by atoms with van der Waals surface area (Å²) in [5.41, 5.74) is 3.50. The second-order valence-corrected chi connectivity index (χ2v) is 10.2. The van der Waals surface area contributed by atoms with Crippen molar-refractivity contribution in [3.8, 4) is 11.3 Å². The molecule has 1 aliphatic heterocycles. The van der Waals surface area contributed by atoms with Gasteiger partial charge in [-0.2, -0.15) is 17.0 Å². The molecule has 1 N–H and O–H groups in total. The Morgan fingerprint density at radius 2 is 1.90 bits per heavy atom. The minimum absolute atomic E-state index is 0.286. The average Bonchev–Trinajstić information content (AvgIpc) is 3.33. The van der Waals surface area contributed by atoms with Crippen LogP contribution >= 0.6 is 0 Å². The van der Waals surface area contributed by atoms with Gasteiger partial charge in [-0.3, -0.25) is 0 Å². The van der Waals surface area contributed by atoms with Crippen molar-refractivity contribution < 1.29 is 8.42 Å². The molecule has 3 aromatic heterocycles. The molecule has 1 aliphatic rings. The second-order valence-electron chi connectivity index (χ2n) is 8.03. The van der Waals surface area contributed by atoms with E-state index in [1.54, 1.807) is 24.7 Å². The van der Waals surface area contributed by atoms with Gasteiger partial charge in [0, 0.05) is 61.4 Å². The Hall–Kier alpha value is -2.75. The summed E-state index contributed by atoms with van der Waals surface area (Å²) in [7, 11) is -0.278. The highest BCUT2D eigenvalue weighted by atomic mass is 32.2. The van der Waals surface area contributed by atoms with Crippen molar-refractivity contribution in [3.63, 3.8) is 0 Å². The minimum Gasteiger partial charge on any atom is -0.346 e. The number of fused-ring (bicyclic) bond motifs is 2. The summed E-state index contributed by atoms with van der Waals surface area (Å²) in [6.07, 6.45) is 6.40. The summed E-state index contributed by atoms with van der Waals surface area (Å²) >= 11 is 0. The average molecular weight is 425 g/mol. The molecule has 1 fully saturated rings. The van der Waals surface area contributed by atoms with Gasteiger partial charge in [-0.1, -0.05) is 25.1 Å². The van der Waals surface area contributed by atoms with Crippen LogP contribution in [0.25, 0.3) is 33.2 Å². The van der Waals surface area contributed by atoms with E-state index in [0.717, 1.165) is 39.6 Å². The first-order chi connectivity index (χ1) is 14.4. The van der Waals surface area contributed by atoms with Crippen LogP contribution in [0.1, 0.15) is 13.3 Å². The third-order valence-electron chi connectivity index (χ3n) is 6.22. The molecule has 1 aromatic carbocycles. The highest BCUT2D eigenvalue weighted by molar-refractivity contribution is 7.86. The number of H-pyrrole nitrogens is 1. The van der Waals surface area contributed by atoms with Gasteiger partial charge in [0.15, 0.2) is 0 Å². The van der Waals surface area contributed by atoms with E-state index < -0.39 is 10.2 Å². The summed E-state index contributed by atoms with van der Waals surface area (Å²) in [5, 5.41) is 2.07. The van der Waals surface area contributed by atoms with Crippen LogP contribution in [0.4, 0.5) is 0 Å². The SMILES string of the molecule is CCC1(n2cc(-c3ncnc4[nH]ccc34)c3ccccc32)CN(S(=O)(=O)N(C)C)C1. The monoisotopic (exact) mass is 424 g/mol. The molecule has 0 saturated carbocycles. The van der Waals surface area contributed by atoms with E-state index in [2.05, 4.69) is 44.8 Å². The van der Waals surface area contributed by atoms with Crippen molar-refractivity contribution in [1.29, 1.82) is 0 Å². The molecular formula is C21H24N6O2S. The van der Waals surface area contributed by atoms with E-state index in [1.165, 1.54) is 4.31 Å². The lowest BCUT2D eigenvalue weighted by Gasteiger charge is -2.50. The molecule has 1 saturated heterocycles. The first kappa shape index (κ1) is 19.2. The Balaban J connectivity index is 1.66. The van der Waals surface area contributed by atoms with Crippen LogP contribution in [-0.4, -0.2) is 63.7 Å². The van der Waals surface area contributed by atoms with Crippen LogP contribution < -0.4 is 0 Å². The lowest BCUT2D eigenvalue weighted by atomic mass is 9.88. The smallest absolute Gasteiger partial charge is 0.281 e. The van der Waals surface area contributed by atoms with Crippen LogP contribution in [0.5, 0.6) is 0 Å². The third kappa shape index (κ3) is 2.62. The number of benzene rings is 1.